The van der Waals surface area contributed by atoms with E-state index < -0.39 is 10.7 Å². The molecule has 1 heterocycles. The SMILES string of the molecule is Nc1c(Cl)ncnc1Nc1cc([N+](=O)[O-])ccc1F. The smallest absolute Gasteiger partial charge is 0.271 e. The summed E-state index contributed by atoms with van der Waals surface area (Å²) in [6, 6.07) is 3.06. The number of nitrogen functional groups attached to an aromatic ring is 1. The minimum absolute atomic E-state index is 0.00309. The fraction of sp³-hybridized carbons (Fsp3) is 0. The Hall–Kier alpha value is -2.48. The summed E-state index contributed by atoms with van der Waals surface area (Å²) in [6.45, 7) is 0. The molecule has 3 N–H and O–H groups in total. The third-order valence-corrected chi connectivity index (χ3v) is 2.55. The number of nitrogens with one attached hydrogen (secondary N) is 1. The molecule has 0 saturated heterocycles. The van der Waals surface area contributed by atoms with Crippen molar-refractivity contribution in [3.8, 4) is 0 Å². The molecule has 0 saturated carbocycles. The topological polar surface area (TPSA) is 107 Å². The van der Waals surface area contributed by atoms with Crippen LogP contribution in [0.3, 0.4) is 0 Å². The Balaban J connectivity index is 2.40. The molecule has 0 radical (unpaired) electrons. The maximum Gasteiger partial charge on any atom is 0.271 e. The highest BCUT2D eigenvalue weighted by molar-refractivity contribution is 6.32. The van der Waals surface area contributed by atoms with Crippen molar-refractivity contribution < 1.29 is 9.31 Å². The van der Waals surface area contributed by atoms with E-state index >= 15 is 0 Å². The zero-order valence-electron chi connectivity index (χ0n) is 9.30. The number of nitro groups is 1. The van der Waals surface area contributed by atoms with Crippen molar-refractivity contribution in [2.75, 3.05) is 11.1 Å². The lowest BCUT2D eigenvalue weighted by Crippen LogP contribution is -2.03. The third kappa shape index (κ3) is 2.68. The quantitative estimate of drug-likeness (QED) is 0.509. The fourth-order valence-corrected chi connectivity index (χ4v) is 1.46. The predicted octanol–water partition coefficient (Wildman–Crippen LogP) is 2.50. The summed E-state index contributed by atoms with van der Waals surface area (Å²) in [5.74, 6) is -0.612. The zero-order valence-corrected chi connectivity index (χ0v) is 10.1. The molecule has 9 heteroatoms. The Bertz CT molecular complexity index is 652. The molecule has 19 heavy (non-hydrogen) atoms. The maximum atomic E-state index is 13.5. The number of hydrogen-bond donors (Lipinski definition) is 2. The van der Waals surface area contributed by atoms with Crippen molar-refractivity contribution in [1.29, 1.82) is 0 Å². The first-order valence-electron chi connectivity index (χ1n) is 4.96. The largest absolute Gasteiger partial charge is 0.393 e. The van der Waals surface area contributed by atoms with Gasteiger partial charge < -0.3 is 11.1 Å². The van der Waals surface area contributed by atoms with Gasteiger partial charge in [0.25, 0.3) is 5.69 Å². The van der Waals surface area contributed by atoms with Gasteiger partial charge in [0.1, 0.15) is 17.8 Å². The van der Waals surface area contributed by atoms with Crippen LogP contribution in [-0.4, -0.2) is 14.9 Å². The van der Waals surface area contributed by atoms with Gasteiger partial charge in [-0.05, 0) is 6.07 Å². The molecule has 2 aromatic rings. The van der Waals surface area contributed by atoms with Crippen molar-refractivity contribution in [1.82, 2.24) is 9.97 Å². The van der Waals surface area contributed by atoms with Gasteiger partial charge in [-0.3, -0.25) is 10.1 Å². The lowest BCUT2D eigenvalue weighted by molar-refractivity contribution is -0.384. The van der Waals surface area contributed by atoms with E-state index in [9.17, 15) is 14.5 Å². The van der Waals surface area contributed by atoms with E-state index in [4.69, 9.17) is 17.3 Å². The van der Waals surface area contributed by atoms with Gasteiger partial charge in [-0.15, -0.1) is 0 Å². The molecule has 0 spiro atoms. The minimum atomic E-state index is -0.681. The van der Waals surface area contributed by atoms with Crippen LogP contribution in [0.15, 0.2) is 24.5 Å². The number of halogens is 2. The molecular weight excluding hydrogens is 277 g/mol. The predicted molar refractivity (Wildman–Crippen MR) is 67.8 cm³/mol. The molecule has 0 unspecified atom stereocenters. The summed E-state index contributed by atoms with van der Waals surface area (Å²) in [5, 5.41) is 13.2. The summed E-state index contributed by atoms with van der Waals surface area (Å²) in [7, 11) is 0. The Morgan fingerprint density at radius 2 is 2.16 bits per heavy atom. The maximum absolute atomic E-state index is 13.5. The first-order chi connectivity index (χ1) is 8.99. The number of nitrogens with two attached hydrogens (primary N) is 1. The Kier molecular flexibility index (Phi) is 3.43. The molecule has 0 bridgehead atoms. The highest BCUT2D eigenvalue weighted by Crippen LogP contribution is 2.28. The average Bonchev–Trinajstić information content (AvgIpc) is 2.37. The number of aromatic nitrogens is 2. The molecule has 98 valence electrons. The van der Waals surface area contributed by atoms with Crippen LogP contribution >= 0.6 is 11.6 Å². The number of anilines is 3. The first-order valence-corrected chi connectivity index (χ1v) is 5.34. The molecule has 0 fully saturated rings. The Labute approximate surface area is 111 Å². The Morgan fingerprint density at radius 3 is 2.84 bits per heavy atom. The van der Waals surface area contributed by atoms with E-state index in [1.165, 1.54) is 0 Å². The van der Waals surface area contributed by atoms with Crippen molar-refractivity contribution >= 4 is 34.5 Å². The van der Waals surface area contributed by atoms with Crippen LogP contribution < -0.4 is 11.1 Å². The zero-order chi connectivity index (χ0) is 14.0. The molecule has 1 aromatic heterocycles. The summed E-state index contributed by atoms with van der Waals surface area (Å²) < 4.78 is 13.5. The van der Waals surface area contributed by atoms with Crippen LogP contribution in [0.25, 0.3) is 0 Å². The molecule has 2 rings (SSSR count). The summed E-state index contributed by atoms with van der Waals surface area (Å²) in [6.07, 6.45) is 1.14. The van der Waals surface area contributed by atoms with E-state index in [1.54, 1.807) is 0 Å². The molecule has 0 aliphatic carbocycles. The second-order valence-electron chi connectivity index (χ2n) is 3.47. The van der Waals surface area contributed by atoms with Gasteiger partial charge in [0.05, 0.1) is 10.6 Å². The lowest BCUT2D eigenvalue weighted by atomic mass is 10.2. The molecule has 7 nitrogen and oxygen atoms in total. The number of benzene rings is 1. The second kappa shape index (κ2) is 5.02. The van der Waals surface area contributed by atoms with Gasteiger partial charge in [-0.25, -0.2) is 14.4 Å². The molecule has 0 aliphatic heterocycles. The Morgan fingerprint density at radius 1 is 1.42 bits per heavy atom. The van der Waals surface area contributed by atoms with Gasteiger partial charge in [0.2, 0.25) is 0 Å². The van der Waals surface area contributed by atoms with Gasteiger partial charge >= 0.3 is 0 Å². The summed E-state index contributed by atoms with van der Waals surface area (Å²) in [4.78, 5) is 17.4. The standard InChI is InChI=1S/C10H7ClFN5O2/c11-9-8(13)10(15-4-14-9)16-7-3-5(17(18)19)1-2-6(7)12/h1-4H,13H2,(H,14,15,16). The van der Waals surface area contributed by atoms with Crippen LogP contribution in [0.1, 0.15) is 0 Å². The summed E-state index contributed by atoms with van der Waals surface area (Å²) >= 11 is 5.68. The minimum Gasteiger partial charge on any atom is -0.393 e. The van der Waals surface area contributed by atoms with E-state index in [-0.39, 0.29) is 28.0 Å². The van der Waals surface area contributed by atoms with Crippen LogP contribution in [0.2, 0.25) is 5.15 Å². The van der Waals surface area contributed by atoms with Crippen LogP contribution in [-0.2, 0) is 0 Å². The van der Waals surface area contributed by atoms with Gasteiger partial charge in [-0.1, -0.05) is 11.6 Å². The molecular formula is C10H7ClFN5O2. The third-order valence-electron chi connectivity index (χ3n) is 2.25. The monoisotopic (exact) mass is 283 g/mol. The fourth-order valence-electron chi connectivity index (χ4n) is 1.32. The van der Waals surface area contributed by atoms with E-state index in [2.05, 4.69) is 15.3 Å². The highest BCUT2D eigenvalue weighted by atomic mass is 35.5. The van der Waals surface area contributed by atoms with Gasteiger partial charge in [0, 0.05) is 12.1 Å². The molecule has 0 aliphatic rings. The van der Waals surface area contributed by atoms with Gasteiger partial charge in [-0.2, -0.15) is 0 Å². The second-order valence-corrected chi connectivity index (χ2v) is 3.83. The average molecular weight is 284 g/mol. The molecule has 0 amide bonds. The number of non-ortho nitro benzene ring substituents is 1. The lowest BCUT2D eigenvalue weighted by Gasteiger charge is -2.09. The normalized spacial score (nSPS) is 10.2. The number of nitro benzene ring substituents is 1. The first kappa shape index (κ1) is 13.0. The van der Waals surface area contributed by atoms with Crippen LogP contribution in [0.4, 0.5) is 27.3 Å². The van der Waals surface area contributed by atoms with Crippen molar-refractivity contribution in [3.63, 3.8) is 0 Å². The van der Waals surface area contributed by atoms with E-state index in [0.717, 1.165) is 24.5 Å². The van der Waals surface area contributed by atoms with E-state index in [0.29, 0.717) is 0 Å². The van der Waals surface area contributed by atoms with Crippen LogP contribution in [0, 0.1) is 15.9 Å². The van der Waals surface area contributed by atoms with Crippen molar-refractivity contribution in [3.05, 3.63) is 45.6 Å². The van der Waals surface area contributed by atoms with E-state index in [1.807, 2.05) is 0 Å². The van der Waals surface area contributed by atoms with Crippen LogP contribution in [0.5, 0.6) is 0 Å². The number of rotatable bonds is 3. The summed E-state index contributed by atoms with van der Waals surface area (Å²) in [5.41, 5.74) is 5.24. The van der Waals surface area contributed by atoms with Crippen molar-refractivity contribution in [2.24, 2.45) is 0 Å². The van der Waals surface area contributed by atoms with Crippen molar-refractivity contribution in [2.45, 2.75) is 0 Å². The highest BCUT2D eigenvalue weighted by Gasteiger charge is 2.13. The number of hydrogen-bond acceptors (Lipinski definition) is 6. The molecule has 0 atom stereocenters. The number of nitrogens with zero attached hydrogens (tertiary/aromatic N) is 3. The van der Waals surface area contributed by atoms with Gasteiger partial charge in [0.15, 0.2) is 11.0 Å². The molecule has 1 aromatic carbocycles.